The summed E-state index contributed by atoms with van der Waals surface area (Å²) in [4.78, 5) is 16.6. The van der Waals surface area contributed by atoms with Gasteiger partial charge in [-0.25, -0.2) is 0 Å². The van der Waals surface area contributed by atoms with Gasteiger partial charge in [0.05, 0.1) is 11.6 Å². The maximum Gasteiger partial charge on any atom is 0.255 e. The second-order valence-electron chi connectivity index (χ2n) is 5.29. The fraction of sp³-hybridized carbons (Fsp3) is 0.294. The van der Waals surface area contributed by atoms with E-state index >= 15 is 0 Å². The zero-order chi connectivity index (χ0) is 14.7. The van der Waals surface area contributed by atoms with Gasteiger partial charge in [-0.2, -0.15) is 0 Å². The molecule has 1 amide bonds. The molecule has 1 aromatic heterocycles. The topological polar surface area (TPSA) is 54.0 Å². The number of aromatic nitrogens is 1. The Balaban J connectivity index is 1.83. The molecule has 0 saturated carbocycles. The van der Waals surface area contributed by atoms with Crippen molar-refractivity contribution in [2.45, 2.75) is 25.3 Å². The van der Waals surface area contributed by atoms with Gasteiger partial charge in [0.2, 0.25) is 0 Å². The number of carbonyl (C=O) groups is 1. The molecule has 1 aliphatic carbocycles. The number of pyridine rings is 1. The molecule has 21 heavy (non-hydrogen) atoms. The number of hydrogen-bond acceptors (Lipinski definition) is 3. The highest BCUT2D eigenvalue weighted by molar-refractivity contribution is 5.99. The van der Waals surface area contributed by atoms with Crippen LogP contribution in [0.1, 0.15) is 40.4 Å². The third-order valence-corrected chi connectivity index (χ3v) is 4.01. The highest BCUT2D eigenvalue weighted by Crippen LogP contribution is 2.29. The third kappa shape index (κ3) is 2.75. The lowest BCUT2D eigenvalue weighted by molar-refractivity contribution is 0.0933. The Morgan fingerprint density at radius 1 is 1.29 bits per heavy atom. The lowest BCUT2D eigenvalue weighted by atomic mass is 9.87. The van der Waals surface area contributed by atoms with Crippen LogP contribution < -0.4 is 10.6 Å². The number of aryl methyl sites for hydroxylation is 1. The third-order valence-electron chi connectivity index (χ3n) is 4.01. The van der Waals surface area contributed by atoms with E-state index in [0.717, 1.165) is 24.9 Å². The molecule has 1 heterocycles. The first-order valence-corrected chi connectivity index (χ1v) is 7.30. The smallest absolute Gasteiger partial charge is 0.255 e. The van der Waals surface area contributed by atoms with Crippen LogP contribution in [-0.4, -0.2) is 17.9 Å². The molecule has 2 aromatic rings. The normalized spacial score (nSPS) is 16.9. The molecule has 2 N–H and O–H groups in total. The molecule has 0 aliphatic heterocycles. The van der Waals surface area contributed by atoms with E-state index in [0.29, 0.717) is 5.56 Å². The van der Waals surface area contributed by atoms with Gasteiger partial charge in [0, 0.05) is 25.1 Å². The van der Waals surface area contributed by atoms with E-state index < -0.39 is 0 Å². The molecular formula is C17H19N3O. The van der Waals surface area contributed by atoms with Gasteiger partial charge in [-0.3, -0.25) is 9.78 Å². The van der Waals surface area contributed by atoms with Crippen LogP contribution in [-0.2, 0) is 6.42 Å². The molecule has 4 heteroatoms. The molecule has 0 fully saturated rings. The standard InChI is InChI=1S/C17H19N3O/c1-18-15-9-10-19-11-14(15)17(21)20-16-8-4-6-12-5-2-3-7-13(12)16/h2-3,5,7,9-11,16H,4,6,8H2,1H3,(H,18,19)(H,20,21). The van der Waals surface area contributed by atoms with Crippen molar-refractivity contribution in [2.24, 2.45) is 0 Å². The molecule has 1 atom stereocenters. The van der Waals surface area contributed by atoms with Crippen molar-refractivity contribution in [3.8, 4) is 0 Å². The summed E-state index contributed by atoms with van der Waals surface area (Å²) in [6, 6.07) is 10.3. The summed E-state index contributed by atoms with van der Waals surface area (Å²) in [5.74, 6) is -0.0749. The Morgan fingerprint density at radius 3 is 3.00 bits per heavy atom. The van der Waals surface area contributed by atoms with Crippen molar-refractivity contribution in [2.75, 3.05) is 12.4 Å². The Labute approximate surface area is 124 Å². The van der Waals surface area contributed by atoms with Crippen molar-refractivity contribution in [3.05, 3.63) is 59.4 Å². The first-order valence-electron chi connectivity index (χ1n) is 7.30. The van der Waals surface area contributed by atoms with Crippen molar-refractivity contribution in [3.63, 3.8) is 0 Å². The van der Waals surface area contributed by atoms with Crippen LogP contribution in [0.25, 0.3) is 0 Å². The summed E-state index contributed by atoms with van der Waals surface area (Å²) in [6.07, 6.45) is 6.47. The summed E-state index contributed by atoms with van der Waals surface area (Å²) < 4.78 is 0. The van der Waals surface area contributed by atoms with Gasteiger partial charge in [0.25, 0.3) is 5.91 Å². The highest BCUT2D eigenvalue weighted by Gasteiger charge is 2.22. The first kappa shape index (κ1) is 13.6. The van der Waals surface area contributed by atoms with Gasteiger partial charge in [-0.05, 0) is 36.5 Å². The largest absolute Gasteiger partial charge is 0.387 e. The first-order chi connectivity index (χ1) is 10.3. The SMILES string of the molecule is CNc1ccncc1C(=O)NC1CCCc2ccccc21. The molecule has 1 aliphatic rings. The molecule has 3 rings (SSSR count). The summed E-state index contributed by atoms with van der Waals surface area (Å²) in [7, 11) is 1.81. The monoisotopic (exact) mass is 281 g/mol. The molecule has 0 radical (unpaired) electrons. The van der Waals surface area contributed by atoms with E-state index in [-0.39, 0.29) is 11.9 Å². The van der Waals surface area contributed by atoms with E-state index in [4.69, 9.17) is 0 Å². The maximum atomic E-state index is 12.5. The maximum absolute atomic E-state index is 12.5. The van der Waals surface area contributed by atoms with Crippen LogP contribution >= 0.6 is 0 Å². The minimum absolute atomic E-state index is 0.0749. The molecule has 0 bridgehead atoms. The zero-order valence-electron chi connectivity index (χ0n) is 12.1. The second-order valence-corrected chi connectivity index (χ2v) is 5.29. The minimum atomic E-state index is -0.0749. The second kappa shape index (κ2) is 5.95. The summed E-state index contributed by atoms with van der Waals surface area (Å²) in [5.41, 5.74) is 3.97. The number of rotatable bonds is 3. The Kier molecular flexibility index (Phi) is 3.86. The number of benzene rings is 1. The highest BCUT2D eigenvalue weighted by atomic mass is 16.1. The van der Waals surface area contributed by atoms with Gasteiger partial charge in [-0.1, -0.05) is 24.3 Å². The van der Waals surface area contributed by atoms with Gasteiger partial charge >= 0.3 is 0 Å². The van der Waals surface area contributed by atoms with Crippen LogP contribution in [0.4, 0.5) is 5.69 Å². The zero-order valence-corrected chi connectivity index (χ0v) is 12.1. The molecular weight excluding hydrogens is 262 g/mol. The van der Waals surface area contributed by atoms with E-state index in [1.165, 1.54) is 11.1 Å². The molecule has 4 nitrogen and oxygen atoms in total. The van der Waals surface area contributed by atoms with E-state index in [1.54, 1.807) is 12.4 Å². The summed E-state index contributed by atoms with van der Waals surface area (Å²) >= 11 is 0. The number of carbonyl (C=O) groups excluding carboxylic acids is 1. The number of fused-ring (bicyclic) bond motifs is 1. The van der Waals surface area contributed by atoms with Crippen LogP contribution in [0.15, 0.2) is 42.7 Å². The van der Waals surface area contributed by atoms with Gasteiger partial charge in [-0.15, -0.1) is 0 Å². The van der Waals surface area contributed by atoms with Crippen LogP contribution in [0.3, 0.4) is 0 Å². The van der Waals surface area contributed by atoms with E-state index in [1.807, 2.05) is 19.2 Å². The molecule has 1 unspecified atom stereocenters. The number of anilines is 1. The fourth-order valence-corrected chi connectivity index (χ4v) is 2.93. The molecule has 108 valence electrons. The number of nitrogens with one attached hydrogen (secondary N) is 2. The van der Waals surface area contributed by atoms with Gasteiger partial charge in [0.15, 0.2) is 0 Å². The van der Waals surface area contributed by atoms with Crippen LogP contribution in [0, 0.1) is 0 Å². The number of amides is 1. The van der Waals surface area contributed by atoms with Gasteiger partial charge < -0.3 is 10.6 Å². The Bertz CT molecular complexity index is 654. The van der Waals surface area contributed by atoms with Gasteiger partial charge in [0.1, 0.15) is 0 Å². The van der Waals surface area contributed by atoms with E-state index in [9.17, 15) is 4.79 Å². The molecule has 1 aromatic carbocycles. The lowest BCUT2D eigenvalue weighted by Crippen LogP contribution is -2.31. The quantitative estimate of drug-likeness (QED) is 0.909. The summed E-state index contributed by atoms with van der Waals surface area (Å²) in [5, 5.41) is 6.18. The number of hydrogen-bond donors (Lipinski definition) is 2. The fourth-order valence-electron chi connectivity index (χ4n) is 2.93. The van der Waals surface area contributed by atoms with Crippen LogP contribution in [0.5, 0.6) is 0 Å². The van der Waals surface area contributed by atoms with Crippen molar-refractivity contribution < 1.29 is 4.79 Å². The number of nitrogens with zero attached hydrogens (tertiary/aromatic N) is 1. The minimum Gasteiger partial charge on any atom is -0.387 e. The average molecular weight is 281 g/mol. The predicted octanol–water partition coefficient (Wildman–Crippen LogP) is 2.93. The molecule has 0 spiro atoms. The predicted molar refractivity (Wildman–Crippen MR) is 83.4 cm³/mol. The summed E-state index contributed by atoms with van der Waals surface area (Å²) in [6.45, 7) is 0. The van der Waals surface area contributed by atoms with Crippen molar-refractivity contribution in [1.82, 2.24) is 10.3 Å². The average Bonchev–Trinajstić information content (AvgIpc) is 2.55. The Morgan fingerprint density at radius 2 is 2.14 bits per heavy atom. The Hall–Kier alpha value is -2.36. The lowest BCUT2D eigenvalue weighted by Gasteiger charge is -2.26. The van der Waals surface area contributed by atoms with Crippen molar-refractivity contribution in [1.29, 1.82) is 0 Å². The van der Waals surface area contributed by atoms with Crippen molar-refractivity contribution >= 4 is 11.6 Å². The van der Waals surface area contributed by atoms with Crippen LogP contribution in [0.2, 0.25) is 0 Å². The molecule has 0 saturated heterocycles. The van der Waals surface area contributed by atoms with E-state index in [2.05, 4.69) is 33.8 Å².